The SMILES string of the molecule is COc1cnc(C(=O)Nc2ccc(F)c([C@]34COC[C@@]3(F)COC(N)=N4)c2)cn1. The minimum Gasteiger partial charge on any atom is -0.480 e. The summed E-state index contributed by atoms with van der Waals surface area (Å²) < 4.78 is 45.4. The molecule has 152 valence electrons. The van der Waals surface area contributed by atoms with Crippen LogP contribution in [0.1, 0.15) is 16.1 Å². The third kappa shape index (κ3) is 3.12. The topological polar surface area (TPSA) is 121 Å². The van der Waals surface area contributed by atoms with Gasteiger partial charge in [-0.3, -0.25) is 4.79 Å². The quantitative estimate of drug-likeness (QED) is 0.783. The maximum atomic E-state index is 15.5. The summed E-state index contributed by atoms with van der Waals surface area (Å²) in [6, 6.07) is 3.49. The largest absolute Gasteiger partial charge is 0.480 e. The number of fused-ring (bicyclic) bond motifs is 1. The number of methoxy groups -OCH3 is 1. The molecule has 4 rings (SSSR count). The molecule has 1 aromatic carbocycles. The van der Waals surface area contributed by atoms with Crippen molar-refractivity contribution in [3.05, 3.63) is 47.7 Å². The van der Waals surface area contributed by atoms with Crippen LogP contribution in [-0.4, -0.2) is 54.5 Å². The second-order valence-corrected chi connectivity index (χ2v) is 6.65. The molecule has 2 aliphatic heterocycles. The van der Waals surface area contributed by atoms with Crippen LogP contribution in [0.2, 0.25) is 0 Å². The molecule has 1 fully saturated rings. The first-order valence-corrected chi connectivity index (χ1v) is 8.59. The number of carbonyl (C=O) groups excluding carboxylic acids is 1. The highest BCUT2D eigenvalue weighted by molar-refractivity contribution is 6.02. The summed E-state index contributed by atoms with van der Waals surface area (Å²) in [6.45, 7) is -0.952. The van der Waals surface area contributed by atoms with E-state index in [1.807, 2.05) is 0 Å². The average molecular weight is 405 g/mol. The third-order valence-corrected chi connectivity index (χ3v) is 4.87. The van der Waals surface area contributed by atoms with E-state index >= 15 is 4.39 Å². The number of nitrogens with one attached hydrogen (secondary N) is 1. The fourth-order valence-corrected chi connectivity index (χ4v) is 3.34. The summed E-state index contributed by atoms with van der Waals surface area (Å²) in [7, 11) is 1.42. The van der Waals surface area contributed by atoms with Crippen LogP contribution >= 0.6 is 0 Å². The molecule has 1 aromatic heterocycles. The number of halogens is 2. The lowest BCUT2D eigenvalue weighted by atomic mass is 9.78. The van der Waals surface area contributed by atoms with Crippen LogP contribution in [0.5, 0.6) is 5.88 Å². The van der Waals surface area contributed by atoms with E-state index in [0.29, 0.717) is 0 Å². The molecule has 0 spiro atoms. The van der Waals surface area contributed by atoms with Gasteiger partial charge in [0.1, 0.15) is 18.1 Å². The van der Waals surface area contributed by atoms with Gasteiger partial charge in [-0.1, -0.05) is 0 Å². The summed E-state index contributed by atoms with van der Waals surface area (Å²) >= 11 is 0. The number of nitrogens with zero attached hydrogens (tertiary/aromatic N) is 3. The molecule has 2 aliphatic rings. The maximum absolute atomic E-state index is 15.5. The zero-order valence-electron chi connectivity index (χ0n) is 15.3. The van der Waals surface area contributed by atoms with E-state index in [1.54, 1.807) is 0 Å². The number of ether oxygens (including phenoxy) is 3. The molecule has 11 heteroatoms. The van der Waals surface area contributed by atoms with Gasteiger partial charge >= 0.3 is 0 Å². The van der Waals surface area contributed by atoms with Crippen molar-refractivity contribution >= 4 is 17.6 Å². The average Bonchev–Trinajstić information content (AvgIpc) is 3.06. The van der Waals surface area contributed by atoms with Gasteiger partial charge in [0.05, 0.1) is 32.7 Å². The molecular formula is C18H17F2N5O4. The molecule has 0 radical (unpaired) electrons. The van der Waals surface area contributed by atoms with Crippen molar-refractivity contribution in [2.75, 3.05) is 32.2 Å². The van der Waals surface area contributed by atoms with Gasteiger partial charge in [0.15, 0.2) is 11.2 Å². The Bertz CT molecular complexity index is 987. The second kappa shape index (κ2) is 6.92. The lowest BCUT2D eigenvalue weighted by Crippen LogP contribution is -2.55. The zero-order chi connectivity index (χ0) is 20.6. The Morgan fingerprint density at radius 3 is 2.83 bits per heavy atom. The van der Waals surface area contributed by atoms with Crippen LogP contribution in [0.3, 0.4) is 0 Å². The van der Waals surface area contributed by atoms with Gasteiger partial charge in [-0.05, 0) is 18.2 Å². The van der Waals surface area contributed by atoms with E-state index in [-0.39, 0.29) is 42.1 Å². The lowest BCUT2D eigenvalue weighted by molar-refractivity contribution is 0.00905. The molecule has 3 heterocycles. The minimum atomic E-state index is -2.10. The zero-order valence-corrected chi connectivity index (χ0v) is 15.3. The van der Waals surface area contributed by atoms with E-state index in [4.69, 9.17) is 19.9 Å². The number of alkyl halides is 1. The Labute approximate surface area is 163 Å². The van der Waals surface area contributed by atoms with Gasteiger partial charge in [0, 0.05) is 11.3 Å². The molecule has 2 atom stereocenters. The number of rotatable bonds is 4. The Kier molecular flexibility index (Phi) is 4.53. The van der Waals surface area contributed by atoms with Crippen molar-refractivity contribution in [3.63, 3.8) is 0 Å². The van der Waals surface area contributed by atoms with Crippen molar-refractivity contribution in [1.82, 2.24) is 9.97 Å². The number of hydrogen-bond donors (Lipinski definition) is 2. The van der Waals surface area contributed by atoms with Gasteiger partial charge in [-0.15, -0.1) is 0 Å². The molecule has 3 N–H and O–H groups in total. The standard InChI is InChI=1S/C18H17F2N5O4/c1-27-14-6-22-13(5-23-14)15(26)24-10-2-3-12(19)11(4-10)18-9-28-7-17(18,20)8-29-16(21)25-18/h2-6H,7-9H2,1H3,(H2,21,25)(H,24,26)/t17-,18-/m1/s1. The summed E-state index contributed by atoms with van der Waals surface area (Å²) in [5.74, 6) is -1.04. The van der Waals surface area contributed by atoms with Crippen molar-refractivity contribution in [3.8, 4) is 5.88 Å². The Morgan fingerprint density at radius 2 is 2.10 bits per heavy atom. The molecule has 1 amide bonds. The number of nitrogens with two attached hydrogens (primary N) is 1. The van der Waals surface area contributed by atoms with Crippen LogP contribution < -0.4 is 15.8 Å². The first kappa shape index (κ1) is 19.0. The smallest absolute Gasteiger partial charge is 0.283 e. The summed E-state index contributed by atoms with van der Waals surface area (Å²) in [6.07, 6.45) is 2.52. The second-order valence-electron chi connectivity index (χ2n) is 6.65. The predicted octanol–water partition coefficient (Wildman–Crippen LogP) is 1.16. The normalized spacial score (nSPS) is 25.6. The highest BCUT2D eigenvalue weighted by atomic mass is 19.1. The number of amides is 1. The van der Waals surface area contributed by atoms with E-state index in [0.717, 1.165) is 6.07 Å². The number of aliphatic imine (C=N–C) groups is 1. The number of amidine groups is 1. The van der Waals surface area contributed by atoms with Gasteiger partial charge in [0.2, 0.25) is 5.88 Å². The van der Waals surface area contributed by atoms with E-state index in [2.05, 4.69) is 20.3 Å². The van der Waals surface area contributed by atoms with Crippen molar-refractivity contribution in [2.24, 2.45) is 10.7 Å². The maximum Gasteiger partial charge on any atom is 0.283 e. The Balaban J connectivity index is 1.67. The number of hydrogen-bond acceptors (Lipinski definition) is 8. The van der Waals surface area contributed by atoms with E-state index < -0.39 is 29.5 Å². The fraction of sp³-hybridized carbons (Fsp3) is 0.333. The van der Waals surface area contributed by atoms with E-state index in [9.17, 15) is 9.18 Å². The first-order valence-electron chi connectivity index (χ1n) is 8.59. The summed E-state index contributed by atoms with van der Waals surface area (Å²) in [5.41, 5.74) is 1.97. The number of aromatic nitrogens is 2. The van der Waals surface area contributed by atoms with Gasteiger partial charge < -0.3 is 25.3 Å². The molecule has 1 saturated heterocycles. The monoisotopic (exact) mass is 405 g/mol. The van der Waals surface area contributed by atoms with Crippen LogP contribution in [-0.2, 0) is 15.0 Å². The van der Waals surface area contributed by atoms with Gasteiger partial charge in [0.25, 0.3) is 11.9 Å². The molecule has 29 heavy (non-hydrogen) atoms. The minimum absolute atomic E-state index is 0.0206. The van der Waals surface area contributed by atoms with Crippen LogP contribution in [0, 0.1) is 5.82 Å². The van der Waals surface area contributed by atoms with Crippen LogP contribution in [0.4, 0.5) is 14.5 Å². The molecule has 0 saturated carbocycles. The van der Waals surface area contributed by atoms with Crippen molar-refractivity contribution in [1.29, 1.82) is 0 Å². The predicted molar refractivity (Wildman–Crippen MR) is 96.8 cm³/mol. The molecular weight excluding hydrogens is 388 g/mol. The highest BCUT2D eigenvalue weighted by Gasteiger charge is 2.62. The van der Waals surface area contributed by atoms with Crippen LogP contribution in [0.15, 0.2) is 35.6 Å². The highest BCUT2D eigenvalue weighted by Crippen LogP contribution is 2.48. The third-order valence-electron chi connectivity index (χ3n) is 4.87. The number of carbonyl (C=O) groups is 1. The first-order chi connectivity index (χ1) is 13.9. The molecule has 9 nitrogen and oxygen atoms in total. The van der Waals surface area contributed by atoms with Gasteiger partial charge in [-0.2, -0.15) is 0 Å². The summed E-state index contributed by atoms with van der Waals surface area (Å²) in [5, 5.41) is 2.58. The molecule has 0 aliphatic carbocycles. The van der Waals surface area contributed by atoms with Gasteiger partial charge in [-0.25, -0.2) is 23.7 Å². The van der Waals surface area contributed by atoms with E-state index in [1.165, 1.54) is 31.6 Å². The molecule has 0 unspecified atom stereocenters. The fourth-order valence-electron chi connectivity index (χ4n) is 3.34. The van der Waals surface area contributed by atoms with Crippen molar-refractivity contribution in [2.45, 2.75) is 11.2 Å². The van der Waals surface area contributed by atoms with Crippen LogP contribution in [0.25, 0.3) is 0 Å². The Hall–Kier alpha value is -3.34. The molecule has 2 aromatic rings. The summed E-state index contributed by atoms with van der Waals surface area (Å²) in [4.78, 5) is 24.3. The number of benzene rings is 1. The molecule has 0 bridgehead atoms. The van der Waals surface area contributed by atoms with Crippen molar-refractivity contribution < 1.29 is 27.8 Å². The lowest BCUT2D eigenvalue weighted by Gasteiger charge is -2.38. The Morgan fingerprint density at radius 1 is 1.28 bits per heavy atom. The number of anilines is 1.